The molecule has 1 aromatic heterocycles. The summed E-state index contributed by atoms with van der Waals surface area (Å²) in [6.45, 7) is 2.88. The van der Waals surface area contributed by atoms with Crippen LogP contribution >= 0.6 is 0 Å². The third-order valence-corrected chi connectivity index (χ3v) is 4.05. The molecule has 1 fully saturated rings. The van der Waals surface area contributed by atoms with Crippen molar-refractivity contribution in [3.63, 3.8) is 0 Å². The highest BCUT2D eigenvalue weighted by molar-refractivity contribution is 5.76. The predicted octanol–water partition coefficient (Wildman–Crippen LogP) is 2.85. The number of carbonyl (C=O) groups excluding carboxylic acids is 1. The van der Waals surface area contributed by atoms with E-state index in [1.54, 1.807) is 0 Å². The molecule has 0 bridgehead atoms. The maximum Gasteiger partial charge on any atom is 0.222 e. The maximum absolute atomic E-state index is 12.0. The SMILES string of the molecule is CCC(=O)N1CCCC[C@H]1CCc1cccc(NC)n1. The summed E-state index contributed by atoms with van der Waals surface area (Å²) in [5.74, 6) is 1.21. The predicted molar refractivity (Wildman–Crippen MR) is 81.7 cm³/mol. The van der Waals surface area contributed by atoms with Gasteiger partial charge in [0.2, 0.25) is 5.91 Å². The van der Waals surface area contributed by atoms with E-state index in [1.165, 1.54) is 6.42 Å². The zero-order valence-corrected chi connectivity index (χ0v) is 12.6. The van der Waals surface area contributed by atoms with E-state index in [1.807, 2.05) is 26.1 Å². The van der Waals surface area contributed by atoms with Crippen LogP contribution in [-0.2, 0) is 11.2 Å². The summed E-state index contributed by atoms with van der Waals surface area (Å²) < 4.78 is 0. The minimum absolute atomic E-state index is 0.298. The van der Waals surface area contributed by atoms with Crippen molar-refractivity contribution in [2.75, 3.05) is 18.9 Å². The van der Waals surface area contributed by atoms with Crippen molar-refractivity contribution in [2.45, 2.75) is 51.5 Å². The smallest absolute Gasteiger partial charge is 0.222 e. The second kappa shape index (κ2) is 7.27. The van der Waals surface area contributed by atoms with Gasteiger partial charge in [-0.1, -0.05) is 13.0 Å². The number of aromatic nitrogens is 1. The van der Waals surface area contributed by atoms with Gasteiger partial charge in [-0.15, -0.1) is 0 Å². The molecule has 0 aliphatic carbocycles. The molecule has 0 unspecified atom stereocenters. The molecule has 2 heterocycles. The van der Waals surface area contributed by atoms with Crippen molar-refractivity contribution in [1.82, 2.24) is 9.88 Å². The van der Waals surface area contributed by atoms with E-state index >= 15 is 0 Å². The quantitative estimate of drug-likeness (QED) is 0.898. The Morgan fingerprint density at radius 1 is 1.45 bits per heavy atom. The van der Waals surface area contributed by atoms with Crippen LogP contribution in [0.1, 0.15) is 44.7 Å². The van der Waals surface area contributed by atoms with Crippen LogP contribution in [0.25, 0.3) is 0 Å². The van der Waals surface area contributed by atoms with Gasteiger partial charge < -0.3 is 10.2 Å². The van der Waals surface area contributed by atoms with E-state index in [9.17, 15) is 4.79 Å². The van der Waals surface area contributed by atoms with E-state index in [4.69, 9.17) is 0 Å². The monoisotopic (exact) mass is 275 g/mol. The molecule has 1 aliphatic rings. The molecule has 2 rings (SSSR count). The summed E-state index contributed by atoms with van der Waals surface area (Å²) in [5, 5.41) is 3.07. The van der Waals surface area contributed by atoms with Crippen LogP contribution in [0, 0.1) is 0 Å². The number of piperidine rings is 1. The number of anilines is 1. The molecule has 20 heavy (non-hydrogen) atoms. The lowest BCUT2D eigenvalue weighted by molar-refractivity contribution is -0.134. The fraction of sp³-hybridized carbons (Fsp3) is 0.625. The number of nitrogens with zero attached hydrogens (tertiary/aromatic N) is 2. The first-order valence-electron chi connectivity index (χ1n) is 7.67. The van der Waals surface area contributed by atoms with Gasteiger partial charge in [0.05, 0.1) is 0 Å². The lowest BCUT2D eigenvalue weighted by atomic mass is 9.96. The third-order valence-electron chi connectivity index (χ3n) is 4.05. The number of carbonyl (C=O) groups is 1. The van der Waals surface area contributed by atoms with Gasteiger partial charge >= 0.3 is 0 Å². The average Bonchev–Trinajstić information content (AvgIpc) is 2.52. The van der Waals surface area contributed by atoms with Crippen LogP contribution in [0.4, 0.5) is 5.82 Å². The van der Waals surface area contributed by atoms with Crippen LogP contribution in [0.15, 0.2) is 18.2 Å². The molecular formula is C16H25N3O. The van der Waals surface area contributed by atoms with Gasteiger partial charge in [-0.3, -0.25) is 4.79 Å². The third kappa shape index (κ3) is 3.71. The van der Waals surface area contributed by atoms with Gasteiger partial charge in [0, 0.05) is 31.7 Å². The Kier molecular flexibility index (Phi) is 5.39. The Bertz CT molecular complexity index is 447. The zero-order chi connectivity index (χ0) is 14.4. The minimum atomic E-state index is 0.298. The largest absolute Gasteiger partial charge is 0.373 e. The first-order chi connectivity index (χ1) is 9.74. The van der Waals surface area contributed by atoms with Gasteiger partial charge in [0.1, 0.15) is 5.82 Å². The summed E-state index contributed by atoms with van der Waals surface area (Å²) in [6.07, 6.45) is 6.10. The highest BCUT2D eigenvalue weighted by atomic mass is 16.2. The van der Waals surface area contributed by atoms with E-state index < -0.39 is 0 Å². The number of aryl methyl sites for hydroxylation is 1. The Labute approximate surface area is 121 Å². The number of hydrogen-bond acceptors (Lipinski definition) is 3. The van der Waals surface area contributed by atoms with Gasteiger partial charge in [0.15, 0.2) is 0 Å². The highest BCUT2D eigenvalue weighted by Crippen LogP contribution is 2.22. The molecule has 1 amide bonds. The van der Waals surface area contributed by atoms with Gasteiger partial charge in [-0.2, -0.15) is 0 Å². The molecule has 0 saturated carbocycles. The van der Waals surface area contributed by atoms with Crippen molar-refractivity contribution in [2.24, 2.45) is 0 Å². The van der Waals surface area contributed by atoms with Crippen LogP contribution in [0.2, 0.25) is 0 Å². The summed E-state index contributed by atoms with van der Waals surface area (Å²) in [4.78, 5) is 18.6. The van der Waals surface area contributed by atoms with Crippen molar-refractivity contribution in [3.8, 4) is 0 Å². The summed E-state index contributed by atoms with van der Waals surface area (Å²) in [6, 6.07) is 6.47. The van der Waals surface area contributed by atoms with Crippen LogP contribution < -0.4 is 5.32 Å². The molecular weight excluding hydrogens is 250 g/mol. The summed E-state index contributed by atoms with van der Waals surface area (Å²) in [5.41, 5.74) is 1.10. The fourth-order valence-electron chi connectivity index (χ4n) is 2.90. The molecule has 1 saturated heterocycles. The Morgan fingerprint density at radius 2 is 2.30 bits per heavy atom. The second-order valence-corrected chi connectivity index (χ2v) is 5.39. The second-order valence-electron chi connectivity index (χ2n) is 5.39. The van der Waals surface area contributed by atoms with E-state index in [0.29, 0.717) is 18.4 Å². The molecule has 110 valence electrons. The number of hydrogen-bond donors (Lipinski definition) is 1. The van der Waals surface area contributed by atoms with Crippen LogP contribution in [0.3, 0.4) is 0 Å². The Hall–Kier alpha value is -1.58. The number of nitrogens with one attached hydrogen (secondary N) is 1. The topological polar surface area (TPSA) is 45.2 Å². The summed E-state index contributed by atoms with van der Waals surface area (Å²) in [7, 11) is 1.88. The van der Waals surface area contributed by atoms with Gasteiger partial charge in [0.25, 0.3) is 0 Å². The molecule has 1 aliphatic heterocycles. The first kappa shape index (κ1) is 14.8. The summed E-state index contributed by atoms with van der Waals surface area (Å²) >= 11 is 0. The van der Waals surface area contributed by atoms with Crippen molar-refractivity contribution in [1.29, 1.82) is 0 Å². The molecule has 0 aromatic carbocycles. The Morgan fingerprint density at radius 3 is 3.05 bits per heavy atom. The highest BCUT2D eigenvalue weighted by Gasteiger charge is 2.25. The standard InChI is InChI=1S/C16H25N3O/c1-3-16(20)19-12-5-4-8-14(19)11-10-13-7-6-9-15(17-2)18-13/h6-7,9,14H,3-5,8,10-12H2,1-2H3,(H,17,18)/t14-/m0/s1. The number of pyridine rings is 1. The molecule has 4 nitrogen and oxygen atoms in total. The minimum Gasteiger partial charge on any atom is -0.373 e. The van der Waals surface area contributed by atoms with E-state index in [-0.39, 0.29) is 0 Å². The maximum atomic E-state index is 12.0. The molecule has 1 atom stereocenters. The molecule has 1 aromatic rings. The Balaban J connectivity index is 1.95. The molecule has 1 N–H and O–H groups in total. The van der Waals surface area contributed by atoms with Crippen molar-refractivity contribution >= 4 is 11.7 Å². The average molecular weight is 275 g/mol. The normalized spacial score (nSPS) is 18.9. The zero-order valence-electron chi connectivity index (χ0n) is 12.6. The molecule has 0 radical (unpaired) electrons. The van der Waals surface area contributed by atoms with Crippen LogP contribution in [-0.4, -0.2) is 35.4 Å². The van der Waals surface area contributed by atoms with Gasteiger partial charge in [-0.25, -0.2) is 4.98 Å². The number of amides is 1. The van der Waals surface area contributed by atoms with E-state index in [0.717, 1.165) is 43.7 Å². The van der Waals surface area contributed by atoms with Gasteiger partial charge in [-0.05, 0) is 44.2 Å². The molecule has 0 spiro atoms. The fourth-order valence-corrected chi connectivity index (χ4v) is 2.90. The number of likely N-dealkylation sites (tertiary alicyclic amines) is 1. The van der Waals surface area contributed by atoms with Crippen molar-refractivity contribution < 1.29 is 4.79 Å². The van der Waals surface area contributed by atoms with Crippen molar-refractivity contribution in [3.05, 3.63) is 23.9 Å². The van der Waals surface area contributed by atoms with E-state index in [2.05, 4.69) is 21.3 Å². The first-order valence-corrected chi connectivity index (χ1v) is 7.67. The van der Waals surface area contributed by atoms with Crippen LogP contribution in [0.5, 0.6) is 0 Å². The lowest BCUT2D eigenvalue weighted by Crippen LogP contribution is -2.43. The molecule has 4 heteroatoms. The lowest BCUT2D eigenvalue weighted by Gasteiger charge is -2.35. The number of rotatable bonds is 5.